The minimum atomic E-state index is -1.64. The molecule has 8 amide bonds. The van der Waals surface area contributed by atoms with Crippen LogP contribution in [-0.4, -0.2) is 162 Å². The molecule has 25 heteroatoms. The van der Waals surface area contributed by atoms with Crippen molar-refractivity contribution in [1.82, 2.24) is 42.5 Å². The summed E-state index contributed by atoms with van der Waals surface area (Å²) in [5.74, 6) is -14.5. The number of esters is 1. The third-order valence-electron chi connectivity index (χ3n) is 16.2. The third-order valence-corrected chi connectivity index (χ3v) is 16.2. The number of rotatable bonds is 36. The van der Waals surface area contributed by atoms with E-state index < -0.39 is 193 Å². The second-order valence-corrected chi connectivity index (χ2v) is 23.5. The van der Waals surface area contributed by atoms with Gasteiger partial charge in [0.1, 0.15) is 36.3 Å². The van der Waals surface area contributed by atoms with Gasteiger partial charge in [-0.3, -0.25) is 52.7 Å². The van der Waals surface area contributed by atoms with Crippen molar-refractivity contribution in [2.45, 2.75) is 207 Å². The molecule has 15 atom stereocenters. The minimum Gasteiger partial charge on any atom is -0.458 e. The van der Waals surface area contributed by atoms with Crippen LogP contribution in [0.1, 0.15) is 152 Å². The molecule has 0 radical (unpaired) electrons. The summed E-state index contributed by atoms with van der Waals surface area (Å²) in [6.45, 7) is 15.4. The first-order valence-corrected chi connectivity index (χ1v) is 30.4. The highest BCUT2D eigenvalue weighted by molar-refractivity contribution is 5.99. The Morgan fingerprint density at radius 1 is 0.698 bits per heavy atom. The fourth-order valence-electron chi connectivity index (χ4n) is 9.91. The van der Waals surface area contributed by atoms with E-state index in [0.717, 1.165) is 5.56 Å². The van der Waals surface area contributed by atoms with Crippen molar-refractivity contribution in [3.05, 3.63) is 35.9 Å². The van der Waals surface area contributed by atoms with Gasteiger partial charge >= 0.3 is 5.97 Å². The van der Waals surface area contributed by atoms with Crippen LogP contribution in [0.25, 0.3) is 0 Å². The standard InChI is InChI=1S/C61H100N10O15/c1-12-34(6)41(30-47(74)42(23-24-50(63)77)65-60(84)46(32-73)68-59(83)45(26-33(4)5)67-58(82)44(64-11)28-39-20-16-15-17-21-39)56(80)69-51(35(7)13-2)49(76)29-40(31-72)55(79)71-53-38(10)86-61(85)52(36(8)14-3)70-57(81)43(22-18-19-25-62)66-54(78)37(9)27-48(53)75/h15-17,20-21,33-38,40-46,51-53,64,72-73H,12-14,18-19,22-32,62H2,1-11H3,(H2,63,77)(H,65,84)(H,66,78)(H,67,82)(H,68,83)(H,69,80)(H,70,81)(H,71,79)/t34-,35-,36-,37+,38-,40-,41+,42+,43-,44+,45-,46-,51-,52-,53+/m0/s1. The number of carbonyl (C=O) groups excluding carboxylic acids is 12. The number of amides is 8. The van der Waals surface area contributed by atoms with Crippen LogP contribution in [0.15, 0.2) is 30.3 Å². The smallest absolute Gasteiger partial charge is 0.329 e. The highest BCUT2D eigenvalue weighted by atomic mass is 16.5. The molecule has 1 aliphatic rings. The molecule has 0 bridgehead atoms. The van der Waals surface area contributed by atoms with Crippen LogP contribution in [-0.2, 0) is 68.7 Å². The maximum absolute atomic E-state index is 14.5. The lowest BCUT2D eigenvalue weighted by molar-refractivity contribution is -0.157. The number of hydrogen-bond donors (Lipinski definition) is 12. The Morgan fingerprint density at radius 2 is 1.30 bits per heavy atom. The van der Waals surface area contributed by atoms with Crippen molar-refractivity contribution in [2.75, 3.05) is 26.8 Å². The molecule has 25 nitrogen and oxygen atoms in total. The summed E-state index contributed by atoms with van der Waals surface area (Å²) in [5, 5.41) is 42.5. The van der Waals surface area contributed by atoms with E-state index in [-0.39, 0.29) is 31.6 Å². The predicted octanol–water partition coefficient (Wildman–Crippen LogP) is 0.466. The molecule has 1 aromatic rings. The summed E-state index contributed by atoms with van der Waals surface area (Å²) < 4.78 is 5.77. The fraction of sp³-hybridized carbons (Fsp3) is 0.705. The molecule has 0 aliphatic carbocycles. The number of benzene rings is 1. The van der Waals surface area contributed by atoms with Gasteiger partial charge in [0.2, 0.25) is 47.3 Å². The van der Waals surface area contributed by atoms with Gasteiger partial charge in [-0.1, -0.05) is 112 Å². The first-order valence-electron chi connectivity index (χ1n) is 30.4. The zero-order valence-electron chi connectivity index (χ0n) is 52.3. The van der Waals surface area contributed by atoms with Gasteiger partial charge in [-0.15, -0.1) is 0 Å². The van der Waals surface area contributed by atoms with Crippen molar-refractivity contribution >= 4 is 70.6 Å². The van der Waals surface area contributed by atoms with Gasteiger partial charge in [0.15, 0.2) is 17.3 Å². The maximum Gasteiger partial charge on any atom is 0.329 e. The van der Waals surface area contributed by atoms with Crippen molar-refractivity contribution in [1.29, 1.82) is 0 Å². The van der Waals surface area contributed by atoms with Crippen LogP contribution in [0.5, 0.6) is 0 Å². The molecule has 86 heavy (non-hydrogen) atoms. The van der Waals surface area contributed by atoms with Gasteiger partial charge in [0.25, 0.3) is 0 Å². The number of ketones is 3. The highest BCUT2D eigenvalue weighted by Gasteiger charge is 2.41. The Labute approximate surface area is 506 Å². The molecule has 1 saturated heterocycles. The molecule has 484 valence electrons. The summed E-state index contributed by atoms with van der Waals surface area (Å²) in [5.41, 5.74) is 12.0. The number of Topliss-reactive ketones (excluding diaryl/α,β-unsaturated/α-hetero) is 3. The normalized spacial score (nSPS) is 21.2. The van der Waals surface area contributed by atoms with E-state index >= 15 is 0 Å². The van der Waals surface area contributed by atoms with Gasteiger partial charge in [0, 0.05) is 37.5 Å². The topological polar surface area (TPSA) is 403 Å². The lowest BCUT2D eigenvalue weighted by atomic mass is 9.83. The number of likely N-dealkylation sites (N-methyl/N-ethyl adjacent to an activating group) is 1. The van der Waals surface area contributed by atoms with Crippen LogP contribution >= 0.6 is 0 Å². The average molecular weight is 1210 g/mol. The number of unbranched alkanes of at least 4 members (excludes halogenated alkanes) is 1. The molecule has 0 saturated carbocycles. The predicted molar refractivity (Wildman–Crippen MR) is 320 cm³/mol. The molecule has 0 spiro atoms. The number of hydrogen-bond acceptors (Lipinski definition) is 17. The first kappa shape index (κ1) is 75.4. The maximum atomic E-state index is 14.5. The number of aliphatic hydroxyl groups excluding tert-OH is 2. The number of primary amides is 1. The van der Waals surface area contributed by atoms with Crippen molar-refractivity contribution < 1.29 is 72.5 Å². The Kier molecular flexibility index (Phi) is 33.7. The summed E-state index contributed by atoms with van der Waals surface area (Å²) in [6, 6.07) is -0.892. The van der Waals surface area contributed by atoms with Crippen molar-refractivity contribution in [3.63, 3.8) is 0 Å². The Balaban J connectivity index is 2.40. The van der Waals surface area contributed by atoms with Crippen molar-refractivity contribution in [3.8, 4) is 0 Å². The third kappa shape index (κ3) is 24.6. The van der Waals surface area contributed by atoms with Crippen molar-refractivity contribution in [2.24, 2.45) is 52.9 Å². The SMILES string of the molecule is CC[C@H](C)[C@H](NC(=O)[C@H](CC(=O)[C@@H](CCC(N)=O)NC(=O)[C@H](CO)NC(=O)[C@H](CC(C)C)NC(=O)[C@@H](Cc1ccccc1)NC)[C@@H](C)CC)C(=O)C[C@@H](CO)C(=O)N[C@H]1C(=O)C[C@@H](C)C(=O)N[C@@H](CCCCN)C(=O)N[C@@H]([C@@H](C)CC)C(=O)O[C@H]1C. The van der Waals surface area contributed by atoms with Crippen LogP contribution in [0.3, 0.4) is 0 Å². The number of carbonyl (C=O) groups is 12. The van der Waals surface area contributed by atoms with Gasteiger partial charge in [-0.25, -0.2) is 4.79 Å². The van der Waals surface area contributed by atoms with Gasteiger partial charge in [0.05, 0.1) is 37.3 Å². The molecule has 0 unspecified atom stereocenters. The summed E-state index contributed by atoms with van der Waals surface area (Å²) in [4.78, 5) is 166. The zero-order valence-corrected chi connectivity index (χ0v) is 52.3. The second kappa shape index (κ2) is 38.5. The molecule has 0 aromatic heterocycles. The van der Waals surface area contributed by atoms with E-state index in [4.69, 9.17) is 16.2 Å². The van der Waals surface area contributed by atoms with Gasteiger partial charge < -0.3 is 69.0 Å². The molecule has 1 aliphatic heterocycles. The molecule has 1 heterocycles. The van der Waals surface area contributed by atoms with Gasteiger partial charge in [-0.05, 0) is 88.3 Å². The second-order valence-electron chi connectivity index (χ2n) is 23.5. The van der Waals surface area contributed by atoms with E-state index in [2.05, 4.69) is 42.5 Å². The van der Waals surface area contributed by atoms with E-state index in [0.29, 0.717) is 45.1 Å². The number of ether oxygens (including phenoxy) is 1. The van der Waals surface area contributed by atoms with E-state index in [9.17, 15) is 67.7 Å². The lowest BCUT2D eigenvalue weighted by Crippen LogP contribution is -2.58. The molecule has 1 aromatic carbocycles. The summed E-state index contributed by atoms with van der Waals surface area (Å²) in [7, 11) is 1.61. The highest BCUT2D eigenvalue weighted by Crippen LogP contribution is 2.25. The van der Waals surface area contributed by atoms with E-state index in [1.165, 1.54) is 13.8 Å². The number of aliphatic hydroxyl groups is 2. The zero-order chi connectivity index (χ0) is 65.0. The first-order chi connectivity index (χ1) is 40.6. The van der Waals surface area contributed by atoms with Crippen LogP contribution in [0.4, 0.5) is 0 Å². The van der Waals surface area contributed by atoms with Crippen LogP contribution in [0.2, 0.25) is 0 Å². The van der Waals surface area contributed by atoms with E-state index in [1.807, 2.05) is 44.2 Å². The summed E-state index contributed by atoms with van der Waals surface area (Å²) >= 11 is 0. The quantitative estimate of drug-likeness (QED) is 0.0321. The number of nitrogens with one attached hydrogen (secondary N) is 8. The fourth-order valence-corrected chi connectivity index (χ4v) is 9.91. The Bertz CT molecular complexity index is 2430. The van der Waals surface area contributed by atoms with E-state index in [1.54, 1.807) is 48.6 Å². The molecule has 2 rings (SSSR count). The Morgan fingerprint density at radius 3 is 1.86 bits per heavy atom. The van der Waals surface area contributed by atoms with Gasteiger partial charge in [-0.2, -0.15) is 0 Å². The largest absolute Gasteiger partial charge is 0.458 e. The molecule has 14 N–H and O–H groups in total. The number of nitrogens with two attached hydrogens (primary N) is 2. The lowest BCUT2D eigenvalue weighted by Gasteiger charge is -2.30. The minimum absolute atomic E-state index is 0.108. The Hall–Kier alpha value is -6.70. The summed E-state index contributed by atoms with van der Waals surface area (Å²) in [6.07, 6.45) is -0.937. The monoisotopic (exact) mass is 1210 g/mol. The molecule has 1 fully saturated rings. The number of cyclic esters (lactones) is 1. The van der Waals surface area contributed by atoms with Crippen LogP contribution < -0.4 is 54.0 Å². The average Bonchev–Trinajstić information content (AvgIpc) is 3.03. The van der Waals surface area contributed by atoms with Crippen LogP contribution in [0, 0.1) is 41.4 Å². The molecular formula is C61H100N10O15. The molecular weight excluding hydrogens is 1110 g/mol.